The molecular formula is C13H16N2O3S. The molecule has 1 aromatic rings. The van der Waals surface area contributed by atoms with E-state index < -0.39 is 10.0 Å². The molecule has 0 atom stereocenters. The van der Waals surface area contributed by atoms with Crippen molar-refractivity contribution in [1.82, 2.24) is 9.62 Å². The minimum atomic E-state index is -3.52. The van der Waals surface area contributed by atoms with E-state index >= 15 is 0 Å². The van der Waals surface area contributed by atoms with Crippen LogP contribution in [0, 0.1) is 0 Å². The number of likely N-dealkylation sites (tertiary alicyclic amines) is 1. The Kier molecular flexibility index (Phi) is 4.01. The van der Waals surface area contributed by atoms with E-state index in [1.165, 1.54) is 18.2 Å². The number of benzene rings is 1. The highest BCUT2D eigenvalue weighted by molar-refractivity contribution is 7.89. The zero-order valence-corrected chi connectivity index (χ0v) is 11.3. The van der Waals surface area contributed by atoms with Gasteiger partial charge in [-0.25, -0.2) is 13.1 Å². The van der Waals surface area contributed by atoms with E-state index in [-0.39, 0.29) is 17.3 Å². The van der Waals surface area contributed by atoms with Gasteiger partial charge in [0.25, 0.3) is 5.91 Å². The molecule has 1 fully saturated rings. The summed E-state index contributed by atoms with van der Waals surface area (Å²) in [6.45, 7) is 5.19. The van der Waals surface area contributed by atoms with Crippen LogP contribution in [-0.2, 0) is 10.0 Å². The first-order valence-corrected chi connectivity index (χ1v) is 7.53. The SMILES string of the molecule is C=CCNS(=O)(=O)c1ccc(C(=O)N2CCC2)cc1. The summed E-state index contributed by atoms with van der Waals surface area (Å²) in [5.41, 5.74) is 0.516. The topological polar surface area (TPSA) is 66.5 Å². The van der Waals surface area contributed by atoms with Crippen LogP contribution in [-0.4, -0.2) is 38.9 Å². The maximum atomic E-state index is 11.9. The fourth-order valence-electron chi connectivity index (χ4n) is 1.73. The van der Waals surface area contributed by atoms with Crippen molar-refractivity contribution in [2.75, 3.05) is 19.6 Å². The van der Waals surface area contributed by atoms with Crippen molar-refractivity contribution >= 4 is 15.9 Å². The van der Waals surface area contributed by atoms with Crippen LogP contribution in [0.25, 0.3) is 0 Å². The van der Waals surface area contributed by atoms with Gasteiger partial charge in [0.2, 0.25) is 10.0 Å². The van der Waals surface area contributed by atoms with Crippen LogP contribution in [0.15, 0.2) is 41.8 Å². The minimum Gasteiger partial charge on any atom is -0.339 e. The molecule has 1 aromatic carbocycles. The van der Waals surface area contributed by atoms with Crippen LogP contribution in [0.3, 0.4) is 0 Å². The van der Waals surface area contributed by atoms with Crippen LogP contribution in [0.4, 0.5) is 0 Å². The molecule has 6 heteroatoms. The molecule has 0 spiro atoms. The highest BCUT2D eigenvalue weighted by atomic mass is 32.2. The molecule has 0 radical (unpaired) electrons. The molecule has 19 heavy (non-hydrogen) atoms. The van der Waals surface area contributed by atoms with E-state index in [0.29, 0.717) is 5.56 Å². The zero-order chi connectivity index (χ0) is 13.9. The van der Waals surface area contributed by atoms with E-state index in [4.69, 9.17) is 0 Å². The largest absolute Gasteiger partial charge is 0.339 e. The summed E-state index contributed by atoms with van der Waals surface area (Å²) in [4.78, 5) is 13.8. The molecule has 1 saturated heterocycles. The van der Waals surface area contributed by atoms with Gasteiger partial charge in [-0.05, 0) is 30.7 Å². The van der Waals surface area contributed by atoms with Crippen molar-refractivity contribution in [3.05, 3.63) is 42.5 Å². The number of rotatable bonds is 5. The Balaban J connectivity index is 2.13. The van der Waals surface area contributed by atoms with Crippen molar-refractivity contribution < 1.29 is 13.2 Å². The molecule has 1 N–H and O–H groups in total. The van der Waals surface area contributed by atoms with E-state index in [9.17, 15) is 13.2 Å². The van der Waals surface area contributed by atoms with Crippen LogP contribution >= 0.6 is 0 Å². The quantitative estimate of drug-likeness (QED) is 0.818. The maximum absolute atomic E-state index is 11.9. The average Bonchev–Trinajstić information content (AvgIpc) is 2.34. The van der Waals surface area contributed by atoms with Crippen molar-refractivity contribution in [1.29, 1.82) is 0 Å². The lowest BCUT2D eigenvalue weighted by atomic mass is 10.1. The van der Waals surface area contributed by atoms with Gasteiger partial charge in [0.05, 0.1) is 4.90 Å². The van der Waals surface area contributed by atoms with E-state index in [0.717, 1.165) is 19.5 Å². The Labute approximate surface area is 113 Å². The average molecular weight is 280 g/mol. The molecule has 102 valence electrons. The van der Waals surface area contributed by atoms with Gasteiger partial charge in [0.15, 0.2) is 0 Å². The van der Waals surface area contributed by atoms with Crippen molar-refractivity contribution in [2.24, 2.45) is 0 Å². The third-order valence-electron chi connectivity index (χ3n) is 2.97. The Bertz CT molecular complexity index is 574. The molecule has 1 aliphatic rings. The molecule has 0 saturated carbocycles. The predicted octanol–water partition coefficient (Wildman–Crippen LogP) is 0.997. The smallest absolute Gasteiger partial charge is 0.253 e. The molecule has 0 unspecified atom stereocenters. The fraction of sp³-hybridized carbons (Fsp3) is 0.308. The second kappa shape index (κ2) is 5.54. The molecule has 1 aliphatic heterocycles. The van der Waals surface area contributed by atoms with E-state index in [2.05, 4.69) is 11.3 Å². The Morgan fingerprint density at radius 1 is 1.32 bits per heavy atom. The first-order valence-electron chi connectivity index (χ1n) is 6.04. The summed E-state index contributed by atoms with van der Waals surface area (Å²) in [7, 11) is -3.52. The van der Waals surface area contributed by atoms with E-state index in [1.54, 1.807) is 17.0 Å². The molecule has 2 rings (SSSR count). The Morgan fingerprint density at radius 2 is 1.95 bits per heavy atom. The summed E-state index contributed by atoms with van der Waals surface area (Å²) >= 11 is 0. The first kappa shape index (κ1) is 13.8. The molecular weight excluding hydrogens is 264 g/mol. The number of carbonyl (C=O) groups excluding carboxylic acids is 1. The van der Waals surface area contributed by atoms with Gasteiger partial charge in [-0.3, -0.25) is 4.79 Å². The predicted molar refractivity (Wildman–Crippen MR) is 72.3 cm³/mol. The third-order valence-corrected chi connectivity index (χ3v) is 4.41. The summed E-state index contributed by atoms with van der Waals surface area (Å²) in [5, 5.41) is 0. The number of carbonyl (C=O) groups is 1. The minimum absolute atomic E-state index is 0.0470. The van der Waals surface area contributed by atoms with Crippen molar-refractivity contribution in [3.63, 3.8) is 0 Å². The lowest BCUT2D eigenvalue weighted by Crippen LogP contribution is -2.42. The third kappa shape index (κ3) is 3.02. The first-order chi connectivity index (χ1) is 9.04. The zero-order valence-electron chi connectivity index (χ0n) is 10.5. The lowest BCUT2D eigenvalue weighted by molar-refractivity contribution is 0.0651. The monoisotopic (exact) mass is 280 g/mol. The van der Waals surface area contributed by atoms with Gasteiger partial charge in [0.1, 0.15) is 0 Å². The summed E-state index contributed by atoms with van der Waals surface area (Å²) in [5.74, 6) is -0.0470. The van der Waals surface area contributed by atoms with Gasteiger partial charge >= 0.3 is 0 Å². The highest BCUT2D eigenvalue weighted by Crippen LogP contribution is 2.15. The molecule has 0 bridgehead atoms. The number of sulfonamides is 1. The van der Waals surface area contributed by atoms with Crippen molar-refractivity contribution in [2.45, 2.75) is 11.3 Å². The van der Waals surface area contributed by atoms with Crippen LogP contribution < -0.4 is 4.72 Å². The molecule has 1 amide bonds. The highest BCUT2D eigenvalue weighted by Gasteiger charge is 2.22. The summed E-state index contributed by atoms with van der Waals surface area (Å²) < 4.78 is 26.0. The van der Waals surface area contributed by atoms with Crippen molar-refractivity contribution in [3.8, 4) is 0 Å². The number of hydrogen-bond acceptors (Lipinski definition) is 3. The standard InChI is InChI=1S/C13H16N2O3S/c1-2-8-14-19(17,18)12-6-4-11(5-7-12)13(16)15-9-3-10-15/h2,4-7,14H,1,3,8-10H2. The summed E-state index contributed by atoms with van der Waals surface area (Å²) in [6, 6.07) is 5.98. The number of amides is 1. The maximum Gasteiger partial charge on any atom is 0.253 e. The van der Waals surface area contributed by atoms with E-state index in [1.807, 2.05) is 0 Å². The number of nitrogens with zero attached hydrogens (tertiary/aromatic N) is 1. The van der Waals surface area contributed by atoms with Crippen LogP contribution in [0.2, 0.25) is 0 Å². The Hall–Kier alpha value is -1.66. The molecule has 0 aliphatic carbocycles. The van der Waals surface area contributed by atoms with Gasteiger partial charge in [-0.2, -0.15) is 0 Å². The van der Waals surface area contributed by atoms with Gasteiger partial charge < -0.3 is 4.90 Å². The molecule has 1 heterocycles. The van der Waals surface area contributed by atoms with Gasteiger partial charge in [-0.15, -0.1) is 6.58 Å². The number of nitrogens with one attached hydrogen (secondary N) is 1. The molecule has 0 aromatic heterocycles. The fourth-order valence-corrected chi connectivity index (χ4v) is 2.73. The second-order valence-corrected chi connectivity index (χ2v) is 6.08. The number of hydrogen-bond donors (Lipinski definition) is 1. The normalized spacial score (nSPS) is 14.8. The van der Waals surface area contributed by atoms with Crippen LogP contribution in [0.5, 0.6) is 0 Å². The van der Waals surface area contributed by atoms with Crippen LogP contribution in [0.1, 0.15) is 16.8 Å². The summed E-state index contributed by atoms with van der Waals surface area (Å²) in [6.07, 6.45) is 2.50. The lowest BCUT2D eigenvalue weighted by Gasteiger charge is -2.30. The Morgan fingerprint density at radius 3 is 2.42 bits per heavy atom. The van der Waals surface area contributed by atoms with Gasteiger partial charge in [0, 0.05) is 25.2 Å². The second-order valence-electron chi connectivity index (χ2n) is 4.31. The van der Waals surface area contributed by atoms with Gasteiger partial charge in [-0.1, -0.05) is 6.08 Å². The molecule has 5 nitrogen and oxygen atoms in total.